The van der Waals surface area contributed by atoms with Gasteiger partial charge in [-0.1, -0.05) is 45.0 Å². The minimum atomic E-state index is -3.29. The number of hydrogen-bond acceptors (Lipinski definition) is 3. The fourth-order valence-corrected chi connectivity index (χ4v) is 3.48. The van der Waals surface area contributed by atoms with Crippen molar-refractivity contribution in [3.05, 3.63) is 35.4 Å². The number of Topliss-reactive ketones (excluding diaryl/α,β-unsaturated/α-hetero) is 1. The van der Waals surface area contributed by atoms with Crippen molar-refractivity contribution >= 4 is 15.6 Å². The first-order valence-corrected chi connectivity index (χ1v) is 7.98. The average molecular weight is 268 g/mol. The fourth-order valence-electron chi connectivity index (χ4n) is 1.78. The molecule has 1 rings (SSSR count). The Hall–Kier alpha value is -1.16. The maximum Gasteiger partial charge on any atom is 0.177 e. The van der Waals surface area contributed by atoms with Crippen LogP contribution in [0.1, 0.15) is 36.7 Å². The van der Waals surface area contributed by atoms with Crippen molar-refractivity contribution < 1.29 is 13.2 Å². The summed E-state index contributed by atoms with van der Waals surface area (Å²) in [6, 6.07) is 7.13. The molecule has 4 heteroatoms. The SMILES string of the molecule is CCc1ccc(C(=O)CS(=O)(=O)CC(C)C)cc1. The van der Waals surface area contributed by atoms with Gasteiger partial charge >= 0.3 is 0 Å². The minimum Gasteiger partial charge on any atom is -0.293 e. The van der Waals surface area contributed by atoms with Crippen molar-refractivity contribution in [2.75, 3.05) is 11.5 Å². The third kappa shape index (κ3) is 4.61. The topological polar surface area (TPSA) is 51.2 Å². The Morgan fingerprint density at radius 3 is 2.17 bits per heavy atom. The monoisotopic (exact) mass is 268 g/mol. The van der Waals surface area contributed by atoms with E-state index in [2.05, 4.69) is 0 Å². The van der Waals surface area contributed by atoms with E-state index < -0.39 is 15.6 Å². The lowest BCUT2D eigenvalue weighted by Gasteiger charge is -2.06. The van der Waals surface area contributed by atoms with Gasteiger partial charge in [-0.05, 0) is 17.9 Å². The van der Waals surface area contributed by atoms with Gasteiger partial charge in [0.1, 0.15) is 5.75 Å². The summed E-state index contributed by atoms with van der Waals surface area (Å²) >= 11 is 0. The molecule has 0 aliphatic rings. The van der Waals surface area contributed by atoms with Crippen LogP contribution in [0.25, 0.3) is 0 Å². The van der Waals surface area contributed by atoms with E-state index in [1.807, 2.05) is 32.9 Å². The van der Waals surface area contributed by atoms with Crippen molar-refractivity contribution in [1.82, 2.24) is 0 Å². The van der Waals surface area contributed by atoms with Crippen LogP contribution in [0.5, 0.6) is 0 Å². The van der Waals surface area contributed by atoms with Crippen LogP contribution in [0, 0.1) is 5.92 Å². The molecule has 0 amide bonds. The smallest absolute Gasteiger partial charge is 0.177 e. The summed E-state index contributed by atoms with van der Waals surface area (Å²) in [6.45, 7) is 5.69. The van der Waals surface area contributed by atoms with E-state index in [4.69, 9.17) is 0 Å². The number of benzene rings is 1. The number of sulfone groups is 1. The van der Waals surface area contributed by atoms with Crippen LogP contribution in [-0.4, -0.2) is 25.7 Å². The zero-order chi connectivity index (χ0) is 13.8. The van der Waals surface area contributed by atoms with E-state index in [0.29, 0.717) is 5.56 Å². The molecule has 0 N–H and O–H groups in total. The van der Waals surface area contributed by atoms with E-state index >= 15 is 0 Å². The number of rotatable bonds is 6. The van der Waals surface area contributed by atoms with Gasteiger partial charge in [0.25, 0.3) is 0 Å². The Bertz CT molecular complexity index is 498. The van der Waals surface area contributed by atoms with E-state index in [0.717, 1.165) is 12.0 Å². The van der Waals surface area contributed by atoms with Gasteiger partial charge in [-0.25, -0.2) is 8.42 Å². The lowest BCUT2D eigenvalue weighted by atomic mass is 10.1. The van der Waals surface area contributed by atoms with E-state index in [9.17, 15) is 13.2 Å². The highest BCUT2D eigenvalue weighted by Gasteiger charge is 2.19. The first-order chi connectivity index (χ1) is 8.34. The zero-order valence-corrected chi connectivity index (χ0v) is 12.0. The van der Waals surface area contributed by atoms with Crippen LogP contribution < -0.4 is 0 Å². The van der Waals surface area contributed by atoms with Crippen molar-refractivity contribution in [1.29, 1.82) is 0 Å². The number of carbonyl (C=O) groups is 1. The summed E-state index contributed by atoms with van der Waals surface area (Å²) in [5.74, 6) is -0.605. The molecule has 1 aromatic rings. The number of aryl methyl sites for hydroxylation is 1. The van der Waals surface area contributed by atoms with Crippen molar-refractivity contribution in [3.8, 4) is 0 Å². The quantitative estimate of drug-likeness (QED) is 0.745. The standard InChI is InChI=1S/C14H20O3S/c1-4-12-5-7-13(8-6-12)14(15)10-18(16,17)9-11(2)3/h5-8,11H,4,9-10H2,1-3H3. The summed E-state index contributed by atoms with van der Waals surface area (Å²) < 4.78 is 23.5. The lowest BCUT2D eigenvalue weighted by molar-refractivity contribution is 0.102. The van der Waals surface area contributed by atoms with E-state index in [1.165, 1.54) is 0 Å². The van der Waals surface area contributed by atoms with Crippen molar-refractivity contribution in [2.24, 2.45) is 5.92 Å². The van der Waals surface area contributed by atoms with Gasteiger partial charge < -0.3 is 0 Å². The van der Waals surface area contributed by atoms with Crippen molar-refractivity contribution in [2.45, 2.75) is 27.2 Å². The van der Waals surface area contributed by atoms with Crippen molar-refractivity contribution in [3.63, 3.8) is 0 Å². The van der Waals surface area contributed by atoms with E-state index in [-0.39, 0.29) is 17.5 Å². The lowest BCUT2D eigenvalue weighted by Crippen LogP contribution is -2.21. The third-order valence-electron chi connectivity index (χ3n) is 2.62. The second kappa shape index (κ2) is 6.14. The minimum absolute atomic E-state index is 0.0465. The summed E-state index contributed by atoms with van der Waals surface area (Å²) in [6.07, 6.45) is 0.903. The second-order valence-electron chi connectivity index (χ2n) is 4.92. The third-order valence-corrected chi connectivity index (χ3v) is 4.50. The van der Waals surface area contributed by atoms with Gasteiger partial charge in [0.05, 0.1) is 5.75 Å². The van der Waals surface area contributed by atoms with Gasteiger partial charge in [-0.15, -0.1) is 0 Å². The Labute approximate surface area is 109 Å². The number of carbonyl (C=O) groups excluding carboxylic acids is 1. The van der Waals surface area contributed by atoms with Gasteiger partial charge in [-0.3, -0.25) is 4.79 Å². The zero-order valence-electron chi connectivity index (χ0n) is 11.1. The second-order valence-corrected chi connectivity index (χ2v) is 7.03. The first-order valence-electron chi connectivity index (χ1n) is 6.16. The normalized spacial score (nSPS) is 11.8. The highest BCUT2D eigenvalue weighted by atomic mass is 32.2. The molecule has 1 aromatic carbocycles. The molecule has 0 radical (unpaired) electrons. The van der Waals surface area contributed by atoms with Gasteiger partial charge in [0.15, 0.2) is 15.6 Å². The van der Waals surface area contributed by atoms with Crippen LogP contribution >= 0.6 is 0 Å². The predicted octanol–water partition coefficient (Wildman–Crippen LogP) is 2.50. The van der Waals surface area contributed by atoms with Crippen LogP contribution in [0.15, 0.2) is 24.3 Å². The molecular weight excluding hydrogens is 248 g/mol. The molecule has 18 heavy (non-hydrogen) atoms. The molecule has 100 valence electrons. The molecule has 0 atom stereocenters. The van der Waals surface area contributed by atoms with Crippen LogP contribution in [0.3, 0.4) is 0 Å². The van der Waals surface area contributed by atoms with E-state index in [1.54, 1.807) is 12.1 Å². The Morgan fingerprint density at radius 1 is 1.17 bits per heavy atom. The van der Waals surface area contributed by atoms with Gasteiger partial charge in [0.2, 0.25) is 0 Å². The fraction of sp³-hybridized carbons (Fsp3) is 0.500. The maximum absolute atomic E-state index is 11.9. The summed E-state index contributed by atoms with van der Waals surface area (Å²) in [5.41, 5.74) is 1.61. The Kier molecular flexibility index (Phi) is 5.08. The number of ketones is 1. The summed E-state index contributed by atoms with van der Waals surface area (Å²) in [5, 5.41) is 0. The molecule has 0 saturated carbocycles. The van der Waals surface area contributed by atoms with Crippen LogP contribution in [-0.2, 0) is 16.3 Å². The first kappa shape index (κ1) is 14.9. The molecule has 0 saturated heterocycles. The van der Waals surface area contributed by atoms with Gasteiger partial charge in [-0.2, -0.15) is 0 Å². The highest BCUT2D eigenvalue weighted by Crippen LogP contribution is 2.09. The number of hydrogen-bond donors (Lipinski definition) is 0. The summed E-state index contributed by atoms with van der Waals surface area (Å²) in [4.78, 5) is 11.9. The maximum atomic E-state index is 11.9. The molecule has 0 aliphatic heterocycles. The molecule has 0 spiro atoms. The molecule has 0 fully saturated rings. The average Bonchev–Trinajstić information content (AvgIpc) is 2.26. The molecule has 0 aliphatic carbocycles. The van der Waals surface area contributed by atoms with Crippen LogP contribution in [0.4, 0.5) is 0 Å². The molecule has 0 unspecified atom stereocenters. The molecular formula is C14H20O3S. The largest absolute Gasteiger partial charge is 0.293 e. The molecule has 0 heterocycles. The molecule has 0 bridgehead atoms. The van der Waals surface area contributed by atoms with Gasteiger partial charge in [0, 0.05) is 5.56 Å². The van der Waals surface area contributed by atoms with Crippen LogP contribution in [0.2, 0.25) is 0 Å². The Morgan fingerprint density at radius 2 is 1.72 bits per heavy atom. The highest BCUT2D eigenvalue weighted by molar-refractivity contribution is 7.92. The Balaban J connectivity index is 2.76. The molecule has 0 aromatic heterocycles. The predicted molar refractivity (Wildman–Crippen MR) is 73.6 cm³/mol. The summed E-state index contributed by atoms with van der Waals surface area (Å²) in [7, 11) is -3.29. The molecule has 3 nitrogen and oxygen atoms in total.